The summed E-state index contributed by atoms with van der Waals surface area (Å²) in [5.41, 5.74) is 9.26. The molecular formula is C27H22F2N4S. The fourth-order valence-corrected chi connectivity index (χ4v) is 4.85. The van der Waals surface area contributed by atoms with Crippen LogP contribution in [0.4, 0.5) is 13.9 Å². The number of halogens is 2. The molecule has 1 atom stereocenters. The van der Waals surface area contributed by atoms with Gasteiger partial charge in [0, 0.05) is 35.9 Å². The highest BCUT2D eigenvalue weighted by molar-refractivity contribution is 7.19. The van der Waals surface area contributed by atoms with Crippen molar-refractivity contribution in [2.45, 2.75) is 12.5 Å². The van der Waals surface area contributed by atoms with Crippen molar-refractivity contribution in [2.75, 3.05) is 11.9 Å². The van der Waals surface area contributed by atoms with E-state index in [9.17, 15) is 8.78 Å². The average Bonchev–Trinajstić information content (AvgIpc) is 3.28. The number of nitrogens with zero attached hydrogens (tertiary/aromatic N) is 2. The number of aromatic nitrogens is 2. The summed E-state index contributed by atoms with van der Waals surface area (Å²) in [4.78, 5) is 9.78. The monoisotopic (exact) mass is 472 g/mol. The Morgan fingerprint density at radius 3 is 2.59 bits per heavy atom. The third kappa shape index (κ3) is 4.81. The minimum Gasteiger partial charge on any atom is -0.360 e. The number of hydrogen-bond donors (Lipinski definition) is 2. The van der Waals surface area contributed by atoms with Crippen molar-refractivity contribution in [3.8, 4) is 21.7 Å². The Morgan fingerprint density at radius 1 is 0.941 bits per heavy atom. The van der Waals surface area contributed by atoms with Crippen LogP contribution in [0.5, 0.6) is 0 Å². The Balaban J connectivity index is 1.44. The van der Waals surface area contributed by atoms with Gasteiger partial charge in [-0.25, -0.2) is 13.8 Å². The summed E-state index contributed by atoms with van der Waals surface area (Å²) in [5.74, 6) is -0.588. The van der Waals surface area contributed by atoms with Crippen molar-refractivity contribution in [3.05, 3.63) is 102 Å². The van der Waals surface area contributed by atoms with Crippen LogP contribution >= 0.6 is 11.3 Å². The summed E-state index contributed by atoms with van der Waals surface area (Å²) in [6, 6.07) is 20.8. The quantitative estimate of drug-likeness (QED) is 0.292. The first-order valence-corrected chi connectivity index (χ1v) is 11.7. The van der Waals surface area contributed by atoms with E-state index in [1.807, 2.05) is 24.4 Å². The lowest BCUT2D eigenvalue weighted by molar-refractivity contribution is 0.625. The number of benzene rings is 3. The van der Waals surface area contributed by atoms with E-state index >= 15 is 0 Å². The Morgan fingerprint density at radius 2 is 1.76 bits per heavy atom. The molecule has 0 radical (unpaired) electrons. The van der Waals surface area contributed by atoms with Crippen molar-refractivity contribution in [1.82, 2.24) is 9.97 Å². The molecule has 0 aliphatic carbocycles. The van der Waals surface area contributed by atoms with Crippen LogP contribution in [0, 0.1) is 11.6 Å². The molecule has 0 saturated heterocycles. The zero-order chi connectivity index (χ0) is 23.5. The van der Waals surface area contributed by atoms with Gasteiger partial charge in [-0.1, -0.05) is 47.7 Å². The van der Waals surface area contributed by atoms with Gasteiger partial charge in [0.15, 0.2) is 5.13 Å². The normalized spacial score (nSPS) is 12.1. The number of thiazole rings is 1. The molecule has 0 unspecified atom stereocenters. The number of hydrogen-bond acceptors (Lipinski definition) is 5. The Labute approximate surface area is 200 Å². The highest BCUT2D eigenvalue weighted by atomic mass is 32.1. The van der Waals surface area contributed by atoms with E-state index in [0.29, 0.717) is 29.4 Å². The van der Waals surface area contributed by atoms with Gasteiger partial charge < -0.3 is 11.1 Å². The van der Waals surface area contributed by atoms with Gasteiger partial charge in [0.1, 0.15) is 11.6 Å². The van der Waals surface area contributed by atoms with Gasteiger partial charge in [0.25, 0.3) is 0 Å². The molecular weight excluding hydrogens is 450 g/mol. The minimum absolute atomic E-state index is 0.192. The lowest BCUT2D eigenvalue weighted by atomic mass is 10.0. The number of nitrogens with one attached hydrogen (secondary N) is 1. The van der Waals surface area contributed by atoms with Gasteiger partial charge in [0.2, 0.25) is 0 Å². The van der Waals surface area contributed by atoms with Crippen LogP contribution in [0.3, 0.4) is 0 Å². The summed E-state index contributed by atoms with van der Waals surface area (Å²) in [7, 11) is 0. The number of nitrogens with two attached hydrogens (primary N) is 1. The molecule has 0 aliphatic heterocycles. The lowest BCUT2D eigenvalue weighted by Crippen LogP contribution is -2.31. The van der Waals surface area contributed by atoms with Gasteiger partial charge in [-0.05, 0) is 59.3 Å². The zero-order valence-electron chi connectivity index (χ0n) is 18.2. The molecule has 0 spiro atoms. The molecule has 2 heterocycles. The van der Waals surface area contributed by atoms with Crippen LogP contribution in [0.15, 0.2) is 85.2 Å². The first-order valence-electron chi connectivity index (χ1n) is 10.9. The molecule has 0 bridgehead atoms. The summed E-state index contributed by atoms with van der Waals surface area (Å²) in [6.45, 7) is 0.477. The number of fused-ring (bicyclic) bond motifs is 1. The smallest absolute Gasteiger partial charge is 0.183 e. The van der Waals surface area contributed by atoms with Crippen molar-refractivity contribution in [3.63, 3.8) is 0 Å². The molecule has 5 aromatic rings. The van der Waals surface area contributed by atoms with Crippen molar-refractivity contribution in [1.29, 1.82) is 0 Å². The lowest BCUT2D eigenvalue weighted by Gasteiger charge is -2.12. The molecule has 0 fully saturated rings. The van der Waals surface area contributed by atoms with Gasteiger partial charge in [-0.3, -0.25) is 4.98 Å². The fourth-order valence-electron chi connectivity index (χ4n) is 3.87. The molecule has 7 heteroatoms. The van der Waals surface area contributed by atoms with E-state index < -0.39 is 0 Å². The highest BCUT2D eigenvalue weighted by Crippen LogP contribution is 2.40. The van der Waals surface area contributed by atoms with Crippen LogP contribution < -0.4 is 11.1 Å². The van der Waals surface area contributed by atoms with Crippen LogP contribution in [0.25, 0.3) is 32.5 Å². The second kappa shape index (κ2) is 9.67. The fraction of sp³-hybridized carbons (Fsp3) is 0.111. The molecule has 5 rings (SSSR count). The molecule has 4 nitrogen and oxygen atoms in total. The van der Waals surface area contributed by atoms with Crippen molar-refractivity contribution in [2.24, 2.45) is 5.73 Å². The Hall–Kier alpha value is -3.68. The van der Waals surface area contributed by atoms with Crippen molar-refractivity contribution >= 4 is 27.2 Å². The summed E-state index contributed by atoms with van der Waals surface area (Å²) < 4.78 is 27.9. The van der Waals surface area contributed by atoms with Gasteiger partial charge in [-0.15, -0.1) is 0 Å². The molecule has 3 aromatic carbocycles. The first kappa shape index (κ1) is 22.1. The minimum atomic E-state index is -0.321. The van der Waals surface area contributed by atoms with E-state index in [1.165, 1.54) is 29.5 Å². The zero-order valence-corrected chi connectivity index (χ0v) is 19.0. The van der Waals surface area contributed by atoms with E-state index in [1.54, 1.807) is 36.5 Å². The number of rotatable bonds is 7. The SMILES string of the molecule is N[C@@H](CNc1nc(-c2ccccc2F)c(-c2ccc3cnccc3c2)s1)Cc1ccc(F)cc1. The number of anilines is 1. The van der Waals surface area contributed by atoms with Gasteiger partial charge >= 0.3 is 0 Å². The van der Waals surface area contributed by atoms with Crippen LogP contribution in [0.1, 0.15) is 5.56 Å². The molecule has 0 amide bonds. The molecule has 34 heavy (non-hydrogen) atoms. The molecule has 170 valence electrons. The van der Waals surface area contributed by atoms with Crippen LogP contribution in [-0.4, -0.2) is 22.6 Å². The third-order valence-corrected chi connectivity index (χ3v) is 6.65. The average molecular weight is 473 g/mol. The predicted molar refractivity (Wildman–Crippen MR) is 135 cm³/mol. The van der Waals surface area contributed by atoms with E-state index in [0.717, 1.165) is 26.8 Å². The summed E-state index contributed by atoms with van der Waals surface area (Å²) in [6.07, 6.45) is 4.18. The Kier molecular flexibility index (Phi) is 6.29. The third-order valence-electron chi connectivity index (χ3n) is 5.59. The number of pyridine rings is 1. The van der Waals surface area contributed by atoms with Crippen molar-refractivity contribution < 1.29 is 8.78 Å². The predicted octanol–water partition coefficient (Wildman–Crippen LogP) is 6.29. The van der Waals surface area contributed by atoms with E-state index in [4.69, 9.17) is 10.7 Å². The van der Waals surface area contributed by atoms with Crippen LogP contribution in [0.2, 0.25) is 0 Å². The first-order chi connectivity index (χ1) is 16.6. The standard InChI is InChI=1S/C27H22F2N4S/c28-21-9-5-17(6-10-21)13-22(30)16-32-27-33-25(23-3-1-2-4-24(23)29)26(34-27)19-7-8-20-15-31-12-11-18(20)14-19/h1-12,14-15,22H,13,16,30H2,(H,32,33)/t22-/m1/s1. The molecule has 3 N–H and O–H groups in total. The second-order valence-corrected chi connectivity index (χ2v) is 9.08. The van der Waals surface area contributed by atoms with Gasteiger partial charge in [0.05, 0.1) is 10.6 Å². The van der Waals surface area contributed by atoms with E-state index in [-0.39, 0.29) is 17.7 Å². The maximum Gasteiger partial charge on any atom is 0.183 e. The summed E-state index contributed by atoms with van der Waals surface area (Å²) >= 11 is 1.47. The maximum absolute atomic E-state index is 14.7. The largest absolute Gasteiger partial charge is 0.360 e. The Bertz CT molecular complexity index is 1430. The maximum atomic E-state index is 14.7. The van der Waals surface area contributed by atoms with Crippen LogP contribution in [-0.2, 0) is 6.42 Å². The van der Waals surface area contributed by atoms with E-state index in [2.05, 4.69) is 16.4 Å². The molecule has 2 aromatic heterocycles. The summed E-state index contributed by atoms with van der Waals surface area (Å²) in [5, 5.41) is 6.06. The highest BCUT2D eigenvalue weighted by Gasteiger charge is 2.18. The molecule has 0 saturated carbocycles. The topological polar surface area (TPSA) is 63.8 Å². The van der Waals surface area contributed by atoms with Gasteiger partial charge in [-0.2, -0.15) is 0 Å². The second-order valence-electron chi connectivity index (χ2n) is 8.09. The molecule has 0 aliphatic rings.